The van der Waals surface area contributed by atoms with Crippen LogP contribution >= 0.6 is 23.1 Å². The van der Waals surface area contributed by atoms with E-state index in [0.717, 1.165) is 4.88 Å². The third-order valence-corrected chi connectivity index (χ3v) is 5.53. The van der Waals surface area contributed by atoms with Gasteiger partial charge >= 0.3 is 5.97 Å². The van der Waals surface area contributed by atoms with E-state index >= 15 is 0 Å². The number of pyridine rings is 1. The highest BCUT2D eigenvalue weighted by Crippen LogP contribution is 2.24. The number of esters is 1. The first-order valence-electron chi connectivity index (χ1n) is 8.00. The molecule has 1 N–H and O–H groups in total. The van der Waals surface area contributed by atoms with Crippen molar-refractivity contribution in [1.29, 1.82) is 5.26 Å². The lowest BCUT2D eigenvalue weighted by Crippen LogP contribution is -2.27. The summed E-state index contributed by atoms with van der Waals surface area (Å²) in [5.74, 6) is -0.517. The maximum Gasteiger partial charge on any atom is 0.340 e. The minimum absolute atomic E-state index is 0.0700. The van der Waals surface area contributed by atoms with Gasteiger partial charge in [0, 0.05) is 4.88 Å². The molecule has 0 saturated carbocycles. The van der Waals surface area contributed by atoms with Crippen molar-refractivity contribution in [2.75, 3.05) is 12.4 Å². The van der Waals surface area contributed by atoms with Gasteiger partial charge in [-0.15, -0.1) is 11.3 Å². The average Bonchev–Trinajstić information content (AvgIpc) is 3.15. The molecule has 136 valence electrons. The standard InChI is InChI=1S/C18H19N3O3S2/c1-4-24-18(23)14-8-13(9-19)17(21-11(14)2)26-10-16(22)20-12(3)15-6-5-7-25-15/h5-8,12H,4,10H2,1-3H3,(H,20,22)/t12-/m1/s1. The second-order valence-corrected chi connectivity index (χ2v) is 7.34. The molecule has 2 aromatic heterocycles. The summed E-state index contributed by atoms with van der Waals surface area (Å²) in [4.78, 5) is 29.4. The summed E-state index contributed by atoms with van der Waals surface area (Å²) in [6.45, 7) is 5.56. The van der Waals surface area contributed by atoms with Gasteiger partial charge in [-0.25, -0.2) is 9.78 Å². The number of thiophene rings is 1. The topological polar surface area (TPSA) is 92.1 Å². The number of carbonyl (C=O) groups excluding carboxylic acids is 2. The number of carbonyl (C=O) groups is 2. The highest BCUT2D eigenvalue weighted by atomic mass is 32.2. The van der Waals surface area contributed by atoms with Crippen LogP contribution in [0, 0.1) is 18.3 Å². The normalized spacial score (nSPS) is 11.5. The second kappa shape index (κ2) is 9.36. The first kappa shape index (κ1) is 19.9. The summed E-state index contributed by atoms with van der Waals surface area (Å²) < 4.78 is 4.97. The predicted octanol–water partition coefficient (Wildman–Crippen LogP) is 3.47. The summed E-state index contributed by atoms with van der Waals surface area (Å²) in [5, 5.41) is 14.6. The number of thioether (sulfide) groups is 1. The monoisotopic (exact) mass is 389 g/mol. The number of nitrogens with zero attached hydrogens (tertiary/aromatic N) is 2. The van der Waals surface area contributed by atoms with Crippen molar-refractivity contribution >= 4 is 35.0 Å². The summed E-state index contributed by atoms with van der Waals surface area (Å²) >= 11 is 2.76. The molecule has 6 nitrogen and oxygen atoms in total. The van der Waals surface area contributed by atoms with E-state index in [-0.39, 0.29) is 35.4 Å². The van der Waals surface area contributed by atoms with E-state index in [1.165, 1.54) is 17.8 Å². The maximum atomic E-state index is 12.2. The summed E-state index contributed by atoms with van der Waals surface area (Å²) in [6, 6.07) is 7.33. The van der Waals surface area contributed by atoms with E-state index in [1.807, 2.05) is 30.5 Å². The molecular weight excluding hydrogens is 370 g/mol. The number of aromatic nitrogens is 1. The molecule has 0 radical (unpaired) electrons. The van der Waals surface area contributed by atoms with Crippen LogP contribution in [-0.4, -0.2) is 29.2 Å². The minimum atomic E-state index is -0.506. The molecule has 26 heavy (non-hydrogen) atoms. The molecule has 2 aromatic rings. The molecule has 0 aliphatic carbocycles. The molecule has 1 atom stereocenters. The van der Waals surface area contributed by atoms with Crippen LogP contribution < -0.4 is 5.32 Å². The van der Waals surface area contributed by atoms with Crippen molar-refractivity contribution < 1.29 is 14.3 Å². The van der Waals surface area contributed by atoms with E-state index in [0.29, 0.717) is 10.7 Å². The number of rotatable bonds is 7. The number of aryl methyl sites for hydroxylation is 1. The van der Waals surface area contributed by atoms with Gasteiger partial charge < -0.3 is 10.1 Å². The van der Waals surface area contributed by atoms with Gasteiger partial charge in [-0.1, -0.05) is 17.8 Å². The zero-order valence-electron chi connectivity index (χ0n) is 14.7. The second-order valence-electron chi connectivity index (χ2n) is 5.40. The Balaban J connectivity index is 2.05. The van der Waals surface area contributed by atoms with Crippen molar-refractivity contribution in [3.8, 4) is 6.07 Å². The summed E-state index contributed by atoms with van der Waals surface area (Å²) in [6.07, 6.45) is 0. The molecule has 0 aliphatic heterocycles. The number of ether oxygens (including phenoxy) is 1. The van der Waals surface area contributed by atoms with Gasteiger partial charge in [0.15, 0.2) is 0 Å². The average molecular weight is 390 g/mol. The van der Waals surface area contributed by atoms with Gasteiger partial charge in [-0.2, -0.15) is 5.26 Å². The minimum Gasteiger partial charge on any atom is -0.462 e. The fourth-order valence-electron chi connectivity index (χ4n) is 2.21. The van der Waals surface area contributed by atoms with Gasteiger partial charge in [0.2, 0.25) is 5.91 Å². The zero-order chi connectivity index (χ0) is 19.1. The van der Waals surface area contributed by atoms with Gasteiger partial charge in [0.1, 0.15) is 11.1 Å². The van der Waals surface area contributed by atoms with E-state index in [1.54, 1.807) is 25.2 Å². The lowest BCUT2D eigenvalue weighted by atomic mass is 10.1. The molecule has 0 fully saturated rings. The van der Waals surface area contributed by atoms with Crippen LogP contribution in [-0.2, 0) is 9.53 Å². The van der Waals surface area contributed by atoms with E-state index < -0.39 is 5.97 Å². The summed E-state index contributed by atoms with van der Waals surface area (Å²) in [7, 11) is 0. The van der Waals surface area contributed by atoms with Crippen LogP contribution in [0.3, 0.4) is 0 Å². The van der Waals surface area contributed by atoms with Crippen LogP contribution in [0.2, 0.25) is 0 Å². The van der Waals surface area contributed by atoms with Gasteiger partial charge in [-0.05, 0) is 38.3 Å². The highest BCUT2D eigenvalue weighted by Gasteiger charge is 2.17. The van der Waals surface area contributed by atoms with Crippen molar-refractivity contribution in [3.63, 3.8) is 0 Å². The Morgan fingerprint density at radius 3 is 2.88 bits per heavy atom. The van der Waals surface area contributed by atoms with Gasteiger partial charge in [-0.3, -0.25) is 4.79 Å². The number of amides is 1. The lowest BCUT2D eigenvalue weighted by Gasteiger charge is -2.12. The molecular formula is C18H19N3O3S2. The Kier molecular flexibility index (Phi) is 7.18. The van der Waals surface area contributed by atoms with Gasteiger partial charge in [0.25, 0.3) is 0 Å². The molecule has 1 amide bonds. The van der Waals surface area contributed by atoms with Crippen molar-refractivity contribution in [2.24, 2.45) is 0 Å². The molecule has 0 saturated heterocycles. The Bertz CT molecular complexity index is 829. The molecule has 0 unspecified atom stereocenters. The highest BCUT2D eigenvalue weighted by molar-refractivity contribution is 8.00. The third kappa shape index (κ3) is 5.07. The van der Waals surface area contributed by atoms with Crippen LogP contribution in [0.5, 0.6) is 0 Å². The lowest BCUT2D eigenvalue weighted by molar-refractivity contribution is -0.119. The van der Waals surface area contributed by atoms with Crippen molar-refractivity contribution in [3.05, 3.63) is 45.3 Å². The van der Waals surface area contributed by atoms with E-state index in [2.05, 4.69) is 10.3 Å². The number of nitrogens with one attached hydrogen (secondary N) is 1. The van der Waals surface area contributed by atoms with E-state index in [9.17, 15) is 14.9 Å². The number of hydrogen-bond donors (Lipinski definition) is 1. The quantitative estimate of drug-likeness (QED) is 0.576. The first-order chi connectivity index (χ1) is 12.5. The molecule has 0 aliphatic rings. The SMILES string of the molecule is CCOC(=O)c1cc(C#N)c(SCC(=O)N[C@H](C)c2cccs2)nc1C. The first-order valence-corrected chi connectivity index (χ1v) is 9.87. The Hall–Kier alpha value is -2.37. The fourth-order valence-corrected chi connectivity index (χ4v) is 3.76. The molecule has 2 rings (SSSR count). The molecule has 2 heterocycles. The molecule has 8 heteroatoms. The largest absolute Gasteiger partial charge is 0.462 e. The predicted molar refractivity (Wildman–Crippen MR) is 101 cm³/mol. The third-order valence-electron chi connectivity index (χ3n) is 3.48. The van der Waals surface area contributed by atoms with Crippen LogP contribution in [0.25, 0.3) is 0 Å². The number of hydrogen-bond acceptors (Lipinski definition) is 7. The van der Waals surface area contributed by atoms with Crippen LogP contribution in [0.4, 0.5) is 0 Å². The van der Waals surface area contributed by atoms with Crippen LogP contribution in [0.1, 0.15) is 46.4 Å². The Morgan fingerprint density at radius 2 is 2.27 bits per heavy atom. The maximum absolute atomic E-state index is 12.2. The smallest absolute Gasteiger partial charge is 0.340 e. The Morgan fingerprint density at radius 1 is 1.50 bits per heavy atom. The van der Waals surface area contributed by atoms with Crippen molar-refractivity contribution in [1.82, 2.24) is 10.3 Å². The molecule has 0 spiro atoms. The zero-order valence-corrected chi connectivity index (χ0v) is 16.4. The number of nitriles is 1. The molecule has 0 bridgehead atoms. The Labute approximate surface area is 160 Å². The fraction of sp³-hybridized carbons (Fsp3) is 0.333. The van der Waals surface area contributed by atoms with Crippen LogP contribution in [0.15, 0.2) is 28.6 Å². The van der Waals surface area contributed by atoms with E-state index in [4.69, 9.17) is 4.74 Å². The van der Waals surface area contributed by atoms with Gasteiger partial charge in [0.05, 0.1) is 35.2 Å². The molecule has 0 aromatic carbocycles. The summed E-state index contributed by atoms with van der Waals surface area (Å²) in [5.41, 5.74) is 0.989. The van der Waals surface area contributed by atoms with Crippen molar-refractivity contribution in [2.45, 2.75) is 31.8 Å².